The Morgan fingerprint density at radius 2 is 2.16 bits per heavy atom. The number of rotatable bonds is 1. The van der Waals surface area contributed by atoms with Gasteiger partial charge in [-0.15, -0.1) is 0 Å². The van der Waals surface area contributed by atoms with E-state index in [1.165, 1.54) is 0 Å². The lowest BCUT2D eigenvalue weighted by Crippen LogP contribution is -2.53. The van der Waals surface area contributed by atoms with Crippen LogP contribution in [0, 0.1) is 0 Å². The Morgan fingerprint density at radius 3 is 2.95 bits per heavy atom. The van der Waals surface area contributed by atoms with Gasteiger partial charge < -0.3 is 11.1 Å². The van der Waals surface area contributed by atoms with Crippen LogP contribution in [0.1, 0.15) is 12.5 Å². The predicted molar refractivity (Wildman–Crippen MR) is 76.1 cm³/mol. The molecule has 6 heteroatoms. The van der Waals surface area contributed by atoms with E-state index in [4.69, 9.17) is 23.1 Å². The summed E-state index contributed by atoms with van der Waals surface area (Å²) in [6.07, 6.45) is 5.39. The van der Waals surface area contributed by atoms with Gasteiger partial charge in [0.2, 0.25) is 0 Å². The maximum absolute atomic E-state index is 6.41. The third kappa shape index (κ3) is 1.70. The molecule has 1 aliphatic heterocycles. The minimum Gasteiger partial charge on any atom is -0.398 e. The van der Waals surface area contributed by atoms with Crippen molar-refractivity contribution in [1.29, 1.82) is 0 Å². The van der Waals surface area contributed by atoms with Gasteiger partial charge in [-0.2, -0.15) is 5.10 Å². The van der Waals surface area contributed by atoms with Crippen molar-refractivity contribution in [3.63, 3.8) is 0 Å². The number of H-pyrrole nitrogens is 1. The third-order valence-corrected chi connectivity index (χ3v) is 3.75. The highest BCUT2D eigenvalue weighted by Crippen LogP contribution is 2.32. The van der Waals surface area contributed by atoms with Gasteiger partial charge in [-0.05, 0) is 36.9 Å². The van der Waals surface area contributed by atoms with Gasteiger partial charge in [0.1, 0.15) is 0 Å². The minimum atomic E-state index is -0.950. The molecular formula is C13H14ClN5. The highest BCUT2D eigenvalue weighted by molar-refractivity contribution is 6.35. The second-order valence-electron chi connectivity index (χ2n) is 4.67. The van der Waals surface area contributed by atoms with Crippen LogP contribution in [0.2, 0.25) is 5.02 Å². The number of benzene rings is 1. The molecule has 0 amide bonds. The first-order valence-corrected chi connectivity index (χ1v) is 6.23. The van der Waals surface area contributed by atoms with E-state index in [1.807, 2.05) is 19.1 Å². The molecule has 19 heavy (non-hydrogen) atoms. The summed E-state index contributed by atoms with van der Waals surface area (Å²) in [6, 6.07) is 3.73. The average molecular weight is 276 g/mol. The Hall–Kier alpha value is -1.98. The lowest BCUT2D eigenvalue weighted by atomic mass is 9.91. The smallest absolute Gasteiger partial charge is 0.153 e. The molecule has 0 saturated carbocycles. The van der Waals surface area contributed by atoms with Gasteiger partial charge in [0.25, 0.3) is 0 Å². The Morgan fingerprint density at radius 1 is 1.37 bits per heavy atom. The van der Waals surface area contributed by atoms with Crippen LogP contribution >= 0.6 is 11.6 Å². The van der Waals surface area contributed by atoms with Crippen molar-refractivity contribution in [3.8, 4) is 0 Å². The lowest BCUT2D eigenvalue weighted by Gasteiger charge is -2.34. The van der Waals surface area contributed by atoms with Crippen molar-refractivity contribution in [3.05, 3.63) is 52.5 Å². The topological polar surface area (TPSA) is 92.8 Å². The Kier molecular flexibility index (Phi) is 2.55. The number of nitrogens with zero attached hydrogens (tertiary/aromatic N) is 1. The number of halogens is 1. The van der Waals surface area contributed by atoms with Crippen molar-refractivity contribution >= 4 is 22.5 Å². The van der Waals surface area contributed by atoms with E-state index < -0.39 is 5.66 Å². The molecule has 1 aromatic heterocycles. The van der Waals surface area contributed by atoms with Gasteiger partial charge >= 0.3 is 0 Å². The van der Waals surface area contributed by atoms with Gasteiger partial charge in [0, 0.05) is 10.9 Å². The standard InChI is InChI=1S/C13H14ClN5/c1-7-2-3-17-13(16,12(7)15)9-4-8-6-18-19-11(8)10(14)5-9/h2-6,17H,15-16H2,1H3,(H,18,19). The van der Waals surface area contributed by atoms with Crippen LogP contribution in [0.15, 0.2) is 41.9 Å². The van der Waals surface area contributed by atoms with Gasteiger partial charge in [-0.25, -0.2) is 0 Å². The number of dihydropyridines is 1. The number of nitrogens with one attached hydrogen (secondary N) is 2. The zero-order chi connectivity index (χ0) is 13.6. The van der Waals surface area contributed by atoms with E-state index >= 15 is 0 Å². The predicted octanol–water partition coefficient (Wildman–Crippen LogP) is 1.68. The summed E-state index contributed by atoms with van der Waals surface area (Å²) in [5.41, 5.74) is 14.7. The van der Waals surface area contributed by atoms with Crippen molar-refractivity contribution in [2.24, 2.45) is 11.5 Å². The molecule has 0 aliphatic carbocycles. The quantitative estimate of drug-likeness (QED) is 0.637. The molecule has 1 unspecified atom stereocenters. The Balaban J connectivity index is 2.21. The first kappa shape index (κ1) is 12.1. The van der Waals surface area contributed by atoms with Gasteiger partial charge in [-0.1, -0.05) is 11.6 Å². The Bertz CT molecular complexity index is 715. The van der Waals surface area contributed by atoms with Crippen molar-refractivity contribution < 1.29 is 0 Å². The summed E-state index contributed by atoms with van der Waals surface area (Å²) in [4.78, 5) is 0. The normalized spacial score (nSPS) is 22.9. The summed E-state index contributed by atoms with van der Waals surface area (Å²) >= 11 is 6.24. The minimum absolute atomic E-state index is 0.566. The third-order valence-electron chi connectivity index (χ3n) is 3.45. The van der Waals surface area contributed by atoms with E-state index in [0.717, 1.165) is 22.0 Å². The molecule has 1 aliphatic rings. The van der Waals surface area contributed by atoms with Gasteiger partial charge in [-0.3, -0.25) is 10.8 Å². The molecule has 6 N–H and O–H groups in total. The van der Waals surface area contributed by atoms with Crippen LogP contribution in [0.5, 0.6) is 0 Å². The molecular weight excluding hydrogens is 262 g/mol. The number of hydrogen-bond acceptors (Lipinski definition) is 4. The van der Waals surface area contributed by atoms with Crippen molar-refractivity contribution in [2.45, 2.75) is 12.6 Å². The van der Waals surface area contributed by atoms with E-state index in [9.17, 15) is 0 Å². The molecule has 0 bridgehead atoms. The largest absolute Gasteiger partial charge is 0.398 e. The highest BCUT2D eigenvalue weighted by Gasteiger charge is 2.33. The maximum atomic E-state index is 6.41. The summed E-state index contributed by atoms with van der Waals surface area (Å²) in [5, 5.41) is 11.4. The van der Waals surface area contributed by atoms with Crippen LogP contribution in [0.25, 0.3) is 10.9 Å². The fourth-order valence-electron chi connectivity index (χ4n) is 2.26. The molecule has 0 spiro atoms. The van der Waals surface area contributed by atoms with Crippen molar-refractivity contribution in [2.75, 3.05) is 0 Å². The number of aromatic nitrogens is 2. The number of allylic oxidation sites excluding steroid dienone is 2. The number of hydrogen-bond donors (Lipinski definition) is 4. The Labute approximate surface area is 115 Å². The van der Waals surface area contributed by atoms with Crippen LogP contribution in [0.3, 0.4) is 0 Å². The van der Waals surface area contributed by atoms with Crippen molar-refractivity contribution in [1.82, 2.24) is 15.5 Å². The summed E-state index contributed by atoms with van der Waals surface area (Å²) in [5.74, 6) is 0. The summed E-state index contributed by atoms with van der Waals surface area (Å²) in [7, 11) is 0. The molecule has 98 valence electrons. The number of aromatic amines is 1. The molecule has 1 atom stereocenters. The van der Waals surface area contributed by atoms with E-state index in [2.05, 4.69) is 15.5 Å². The molecule has 0 radical (unpaired) electrons. The zero-order valence-electron chi connectivity index (χ0n) is 10.4. The molecule has 3 rings (SSSR count). The molecule has 2 heterocycles. The monoisotopic (exact) mass is 275 g/mol. The second-order valence-corrected chi connectivity index (χ2v) is 5.08. The van der Waals surface area contributed by atoms with Crippen LogP contribution < -0.4 is 16.8 Å². The van der Waals surface area contributed by atoms with E-state index in [1.54, 1.807) is 18.5 Å². The fourth-order valence-corrected chi connectivity index (χ4v) is 2.53. The van der Waals surface area contributed by atoms with E-state index in [-0.39, 0.29) is 0 Å². The SMILES string of the molecule is CC1=C(N)C(N)(c2cc(Cl)c3[nH]ncc3c2)NC=C1. The number of nitrogens with two attached hydrogens (primary N) is 2. The van der Waals surface area contributed by atoms with Crippen LogP contribution in [-0.4, -0.2) is 10.2 Å². The molecule has 0 fully saturated rings. The van der Waals surface area contributed by atoms with Gasteiger partial charge in [0.05, 0.1) is 22.4 Å². The second kappa shape index (κ2) is 4.01. The molecule has 2 aromatic rings. The molecule has 0 saturated heterocycles. The zero-order valence-corrected chi connectivity index (χ0v) is 11.1. The first-order valence-electron chi connectivity index (χ1n) is 5.85. The first-order chi connectivity index (χ1) is 9.02. The molecule has 5 nitrogen and oxygen atoms in total. The number of fused-ring (bicyclic) bond motifs is 1. The maximum Gasteiger partial charge on any atom is 0.153 e. The average Bonchev–Trinajstić information content (AvgIpc) is 2.84. The summed E-state index contributed by atoms with van der Waals surface area (Å²) in [6.45, 7) is 1.92. The fraction of sp³-hybridized carbons (Fsp3) is 0.154. The molecule has 1 aromatic carbocycles. The summed E-state index contributed by atoms with van der Waals surface area (Å²) < 4.78 is 0. The van der Waals surface area contributed by atoms with Crippen LogP contribution in [0.4, 0.5) is 0 Å². The lowest BCUT2D eigenvalue weighted by molar-refractivity contribution is 0.452. The van der Waals surface area contributed by atoms with Gasteiger partial charge in [0.15, 0.2) is 5.66 Å². The highest BCUT2D eigenvalue weighted by atomic mass is 35.5. The van der Waals surface area contributed by atoms with E-state index in [0.29, 0.717) is 10.7 Å². The van der Waals surface area contributed by atoms with Crippen LogP contribution in [-0.2, 0) is 5.66 Å².